The summed E-state index contributed by atoms with van der Waals surface area (Å²) in [6, 6.07) is 6.61. The van der Waals surface area contributed by atoms with Gasteiger partial charge in [-0.25, -0.2) is 0 Å². The Morgan fingerprint density at radius 3 is 2.75 bits per heavy atom. The van der Waals surface area contributed by atoms with Crippen LogP contribution in [0.3, 0.4) is 0 Å². The van der Waals surface area contributed by atoms with Crippen LogP contribution >= 0.6 is 43.5 Å². The molecule has 4 rings (SSSR count). The highest BCUT2D eigenvalue weighted by Crippen LogP contribution is 2.41. The molecule has 0 spiro atoms. The Hall–Kier alpha value is -0.460. The quantitative estimate of drug-likeness (QED) is 0.670. The van der Waals surface area contributed by atoms with Crippen molar-refractivity contribution < 1.29 is 0 Å². The highest BCUT2D eigenvalue weighted by molar-refractivity contribution is 9.10. The number of nitrogens with one attached hydrogen (secondary N) is 1. The average Bonchev–Trinajstić information content (AvgIpc) is 2.76. The fourth-order valence-electron chi connectivity index (χ4n) is 3.77. The Morgan fingerprint density at radius 1 is 1.17 bits per heavy atom. The molecule has 24 heavy (non-hydrogen) atoms. The number of piperazine rings is 1. The lowest BCUT2D eigenvalue weighted by molar-refractivity contribution is 0.195. The van der Waals surface area contributed by atoms with E-state index in [-0.39, 0.29) is 6.04 Å². The normalized spacial score (nSPS) is 21.0. The molecule has 1 N–H and O–H groups in total. The molecule has 1 saturated heterocycles. The predicted octanol–water partition coefficient (Wildman–Crippen LogP) is 4.35. The first-order valence-electron chi connectivity index (χ1n) is 8.21. The maximum Gasteiger partial charge on any atom is 0.0783 e. The number of aryl methyl sites for hydroxylation is 1. The molecule has 126 valence electrons. The number of rotatable bonds is 1. The zero-order valence-electron chi connectivity index (χ0n) is 13.2. The summed E-state index contributed by atoms with van der Waals surface area (Å²) in [5.74, 6) is 0. The van der Waals surface area contributed by atoms with Gasteiger partial charge in [0.15, 0.2) is 0 Å². The number of aromatic nitrogens is 1. The fourth-order valence-corrected chi connectivity index (χ4v) is 4.89. The second-order valence-corrected chi connectivity index (χ2v) is 8.43. The van der Waals surface area contributed by atoms with Crippen molar-refractivity contribution in [2.24, 2.45) is 0 Å². The number of halogens is 3. The van der Waals surface area contributed by atoms with E-state index in [1.54, 1.807) is 0 Å². The van der Waals surface area contributed by atoms with Crippen molar-refractivity contribution in [2.75, 3.05) is 26.2 Å². The molecule has 0 saturated carbocycles. The maximum absolute atomic E-state index is 6.38. The first-order valence-corrected chi connectivity index (χ1v) is 10.2. The van der Waals surface area contributed by atoms with Crippen molar-refractivity contribution in [2.45, 2.75) is 18.9 Å². The van der Waals surface area contributed by atoms with Gasteiger partial charge < -0.3 is 5.32 Å². The molecule has 1 fully saturated rings. The van der Waals surface area contributed by atoms with E-state index in [2.05, 4.69) is 54.2 Å². The number of fused-ring (bicyclic) bond motifs is 2. The Balaban J connectivity index is 1.90. The van der Waals surface area contributed by atoms with E-state index < -0.39 is 0 Å². The van der Waals surface area contributed by atoms with E-state index in [1.807, 2.05) is 12.3 Å². The summed E-state index contributed by atoms with van der Waals surface area (Å²) < 4.78 is 2.08. The second-order valence-electron chi connectivity index (χ2n) is 6.32. The smallest absolute Gasteiger partial charge is 0.0783 e. The van der Waals surface area contributed by atoms with Crippen molar-refractivity contribution in [3.63, 3.8) is 0 Å². The van der Waals surface area contributed by atoms with E-state index >= 15 is 0 Å². The van der Waals surface area contributed by atoms with Crippen LogP contribution in [0.2, 0.25) is 5.02 Å². The van der Waals surface area contributed by atoms with Crippen LogP contribution in [0.5, 0.6) is 0 Å². The molecule has 3 nitrogen and oxygen atoms in total. The minimum absolute atomic E-state index is 0.196. The molecule has 0 bridgehead atoms. The molecular weight excluding hydrogens is 453 g/mol. The van der Waals surface area contributed by atoms with Gasteiger partial charge in [0.25, 0.3) is 0 Å². The minimum Gasteiger partial charge on any atom is -0.314 e. The highest BCUT2D eigenvalue weighted by atomic mass is 79.9. The number of pyridine rings is 1. The van der Waals surface area contributed by atoms with E-state index in [9.17, 15) is 0 Å². The van der Waals surface area contributed by atoms with Crippen LogP contribution < -0.4 is 5.32 Å². The fraction of sp³-hybridized carbons (Fsp3) is 0.389. The van der Waals surface area contributed by atoms with Crippen LogP contribution in [0.1, 0.15) is 28.4 Å². The first-order chi connectivity index (χ1) is 11.6. The molecule has 2 aromatic rings. The SMILES string of the molecule is Clc1ccc2c(c1Br)CCc1cc(Br)cnc1[C@@H]2N1CCNCC1. The number of benzene rings is 1. The van der Waals surface area contributed by atoms with Crippen LogP contribution in [-0.4, -0.2) is 36.1 Å². The Bertz CT molecular complexity index is 775. The van der Waals surface area contributed by atoms with Crippen molar-refractivity contribution in [1.82, 2.24) is 15.2 Å². The second kappa shape index (κ2) is 7.04. The summed E-state index contributed by atoms with van der Waals surface area (Å²) in [7, 11) is 0. The van der Waals surface area contributed by atoms with Crippen molar-refractivity contribution in [3.05, 3.63) is 60.7 Å². The van der Waals surface area contributed by atoms with Gasteiger partial charge in [0.2, 0.25) is 0 Å². The van der Waals surface area contributed by atoms with Crippen LogP contribution in [0.25, 0.3) is 0 Å². The molecular formula is C18H18Br2ClN3. The van der Waals surface area contributed by atoms with E-state index in [0.29, 0.717) is 0 Å². The van der Waals surface area contributed by atoms with E-state index in [0.717, 1.165) is 53.0 Å². The maximum atomic E-state index is 6.38. The zero-order valence-corrected chi connectivity index (χ0v) is 17.1. The van der Waals surface area contributed by atoms with Crippen LogP contribution in [0.4, 0.5) is 0 Å². The summed E-state index contributed by atoms with van der Waals surface area (Å²) in [5, 5.41) is 4.23. The standard InChI is InChI=1S/C18H18Br2ClN3/c19-12-9-11-1-2-13-14(3-4-15(21)16(13)20)18(17(11)23-10-12)24-7-5-22-6-8-24/h3-4,9-10,18,22H,1-2,5-8H2/t18-/m1/s1. The van der Waals surface area contributed by atoms with Crippen LogP contribution in [0, 0.1) is 0 Å². The summed E-state index contributed by atoms with van der Waals surface area (Å²) in [6.07, 6.45) is 3.88. The lowest BCUT2D eigenvalue weighted by Crippen LogP contribution is -2.45. The molecule has 1 aromatic carbocycles. The van der Waals surface area contributed by atoms with Gasteiger partial charge in [-0.05, 0) is 73.5 Å². The monoisotopic (exact) mass is 469 g/mol. The molecule has 0 radical (unpaired) electrons. The molecule has 0 amide bonds. The van der Waals surface area contributed by atoms with Gasteiger partial charge in [0, 0.05) is 41.3 Å². The third-order valence-corrected chi connectivity index (χ3v) is 6.80. The number of hydrogen-bond donors (Lipinski definition) is 1. The number of hydrogen-bond acceptors (Lipinski definition) is 3. The lowest BCUT2D eigenvalue weighted by atomic mass is 9.96. The van der Waals surface area contributed by atoms with Crippen molar-refractivity contribution in [1.29, 1.82) is 0 Å². The average molecular weight is 472 g/mol. The first kappa shape index (κ1) is 17.0. The third kappa shape index (κ3) is 3.06. The summed E-state index contributed by atoms with van der Waals surface area (Å²) in [4.78, 5) is 7.37. The minimum atomic E-state index is 0.196. The zero-order chi connectivity index (χ0) is 16.7. The molecule has 0 unspecified atom stereocenters. The van der Waals surface area contributed by atoms with Crippen LogP contribution in [0.15, 0.2) is 33.3 Å². The van der Waals surface area contributed by atoms with Crippen LogP contribution in [-0.2, 0) is 12.8 Å². The summed E-state index contributed by atoms with van der Waals surface area (Å²) >= 11 is 13.7. The Kier molecular flexibility index (Phi) is 4.98. The summed E-state index contributed by atoms with van der Waals surface area (Å²) in [6.45, 7) is 4.10. The summed E-state index contributed by atoms with van der Waals surface area (Å²) in [5.41, 5.74) is 5.17. The van der Waals surface area contributed by atoms with Gasteiger partial charge in [-0.3, -0.25) is 9.88 Å². The van der Waals surface area contributed by atoms with Crippen molar-refractivity contribution in [3.8, 4) is 0 Å². The van der Waals surface area contributed by atoms with Gasteiger partial charge in [-0.2, -0.15) is 0 Å². The van der Waals surface area contributed by atoms with E-state index in [1.165, 1.54) is 22.4 Å². The van der Waals surface area contributed by atoms with E-state index in [4.69, 9.17) is 16.6 Å². The molecule has 1 aliphatic carbocycles. The largest absolute Gasteiger partial charge is 0.314 e. The Morgan fingerprint density at radius 2 is 1.96 bits per heavy atom. The predicted molar refractivity (Wildman–Crippen MR) is 105 cm³/mol. The molecule has 1 atom stereocenters. The molecule has 6 heteroatoms. The third-order valence-electron chi connectivity index (χ3n) is 4.92. The number of nitrogens with zero attached hydrogens (tertiary/aromatic N) is 2. The lowest BCUT2D eigenvalue weighted by Gasteiger charge is -2.36. The van der Waals surface area contributed by atoms with Gasteiger partial charge in [-0.15, -0.1) is 0 Å². The van der Waals surface area contributed by atoms with Gasteiger partial charge in [0.1, 0.15) is 0 Å². The van der Waals surface area contributed by atoms with Crippen molar-refractivity contribution >= 4 is 43.5 Å². The van der Waals surface area contributed by atoms with Gasteiger partial charge in [0.05, 0.1) is 16.8 Å². The Labute approximate surface area is 164 Å². The highest BCUT2D eigenvalue weighted by Gasteiger charge is 2.32. The molecule has 2 aliphatic rings. The molecule has 1 aliphatic heterocycles. The van der Waals surface area contributed by atoms with Gasteiger partial charge in [-0.1, -0.05) is 17.7 Å². The molecule has 2 heterocycles. The van der Waals surface area contributed by atoms with Gasteiger partial charge >= 0.3 is 0 Å². The molecule has 1 aromatic heterocycles. The topological polar surface area (TPSA) is 28.2 Å².